The van der Waals surface area contributed by atoms with E-state index >= 15 is 0 Å². The number of nitro benzene ring substituents is 1. The highest BCUT2D eigenvalue weighted by Gasteiger charge is 2.23. The fourth-order valence-electron chi connectivity index (χ4n) is 1.61. The molecule has 0 amide bonds. The first kappa shape index (κ1) is 13.9. The molecule has 0 saturated carbocycles. The molecule has 104 valence electrons. The molecule has 0 bridgehead atoms. The van der Waals surface area contributed by atoms with Crippen molar-refractivity contribution in [2.75, 3.05) is 0 Å². The fourth-order valence-corrected chi connectivity index (χ4v) is 2.21. The first-order chi connectivity index (χ1) is 9.49. The van der Waals surface area contributed by atoms with E-state index in [-0.39, 0.29) is 23.6 Å². The maximum absolute atomic E-state index is 11.1. The van der Waals surface area contributed by atoms with Crippen molar-refractivity contribution in [2.24, 2.45) is 0 Å². The van der Waals surface area contributed by atoms with Gasteiger partial charge in [-0.05, 0) is 13.0 Å². The highest BCUT2D eigenvalue weighted by atomic mass is 32.1. The van der Waals surface area contributed by atoms with Gasteiger partial charge in [0.2, 0.25) is 5.75 Å². The highest BCUT2D eigenvalue weighted by molar-refractivity contribution is 7.09. The molecule has 2 rings (SSSR count). The number of carboxylic acid groups (broad SMARTS) is 1. The lowest BCUT2D eigenvalue weighted by Gasteiger charge is -2.08. The van der Waals surface area contributed by atoms with Gasteiger partial charge in [0.15, 0.2) is 0 Å². The van der Waals surface area contributed by atoms with Gasteiger partial charge >= 0.3 is 11.7 Å². The average Bonchev–Trinajstić information content (AvgIpc) is 2.81. The summed E-state index contributed by atoms with van der Waals surface area (Å²) in [6.45, 7) is 1.80. The van der Waals surface area contributed by atoms with Gasteiger partial charge in [-0.25, -0.2) is 9.78 Å². The summed E-state index contributed by atoms with van der Waals surface area (Å²) in [5.41, 5.74) is -0.0232. The molecule has 0 aliphatic heterocycles. The second-order valence-electron chi connectivity index (χ2n) is 3.86. The zero-order valence-electron chi connectivity index (χ0n) is 10.4. The Morgan fingerprint density at radius 3 is 2.85 bits per heavy atom. The van der Waals surface area contributed by atoms with E-state index in [1.165, 1.54) is 29.5 Å². The predicted octanol–water partition coefficient (Wildman–Crippen LogP) is 2.64. The molecule has 0 aliphatic rings. The number of aryl methyl sites for hydroxylation is 1. The maximum Gasteiger partial charge on any atom is 0.339 e. The van der Waals surface area contributed by atoms with Crippen LogP contribution >= 0.6 is 11.3 Å². The number of aromatic carboxylic acids is 1. The lowest BCUT2D eigenvalue weighted by atomic mass is 10.1. The largest absolute Gasteiger partial charge is 0.480 e. The third-order valence-electron chi connectivity index (χ3n) is 2.45. The number of benzene rings is 1. The molecular weight excluding hydrogens is 284 g/mol. The summed E-state index contributed by atoms with van der Waals surface area (Å²) in [5, 5.41) is 22.6. The van der Waals surface area contributed by atoms with Gasteiger partial charge in [0, 0.05) is 11.4 Å². The van der Waals surface area contributed by atoms with Gasteiger partial charge in [-0.3, -0.25) is 10.1 Å². The molecule has 1 aromatic heterocycles. The monoisotopic (exact) mass is 294 g/mol. The van der Waals surface area contributed by atoms with Crippen LogP contribution in [0.4, 0.5) is 5.69 Å². The number of para-hydroxylation sites is 1. The van der Waals surface area contributed by atoms with Gasteiger partial charge in [-0.1, -0.05) is 6.07 Å². The van der Waals surface area contributed by atoms with Crippen LogP contribution in [0.25, 0.3) is 0 Å². The number of carbonyl (C=O) groups is 1. The SMILES string of the molecule is Cc1nc(COc2c(C(=O)O)cccc2[N+](=O)[O-])cs1. The molecule has 20 heavy (non-hydrogen) atoms. The molecule has 0 spiro atoms. The van der Waals surface area contributed by atoms with Crippen LogP contribution in [-0.2, 0) is 6.61 Å². The molecule has 0 aliphatic carbocycles. The van der Waals surface area contributed by atoms with E-state index in [9.17, 15) is 14.9 Å². The summed E-state index contributed by atoms with van der Waals surface area (Å²) in [7, 11) is 0. The van der Waals surface area contributed by atoms with Crippen LogP contribution in [0.5, 0.6) is 5.75 Å². The number of nitrogens with zero attached hydrogens (tertiary/aromatic N) is 2. The zero-order chi connectivity index (χ0) is 14.7. The third kappa shape index (κ3) is 2.91. The molecule has 8 heteroatoms. The first-order valence-corrected chi connectivity index (χ1v) is 6.41. The average molecular weight is 294 g/mol. The standard InChI is InChI=1S/C12H10N2O5S/c1-7-13-8(6-20-7)5-19-11-9(12(15)16)3-2-4-10(11)14(17)18/h2-4,6H,5H2,1H3,(H,15,16). The van der Waals surface area contributed by atoms with E-state index < -0.39 is 10.9 Å². The smallest absolute Gasteiger partial charge is 0.339 e. The molecule has 0 radical (unpaired) electrons. The van der Waals surface area contributed by atoms with Crippen LogP contribution in [0.15, 0.2) is 23.6 Å². The van der Waals surface area contributed by atoms with E-state index in [0.29, 0.717) is 5.69 Å². The van der Waals surface area contributed by atoms with Crippen molar-refractivity contribution in [3.63, 3.8) is 0 Å². The predicted molar refractivity (Wildman–Crippen MR) is 71.2 cm³/mol. The van der Waals surface area contributed by atoms with Crippen LogP contribution in [0.2, 0.25) is 0 Å². The summed E-state index contributed by atoms with van der Waals surface area (Å²) < 4.78 is 5.31. The van der Waals surface area contributed by atoms with E-state index in [0.717, 1.165) is 5.01 Å². The number of thiazole rings is 1. The van der Waals surface area contributed by atoms with Gasteiger partial charge in [-0.2, -0.15) is 0 Å². The topological polar surface area (TPSA) is 103 Å². The molecule has 2 aromatic rings. The van der Waals surface area contributed by atoms with E-state index in [1.807, 2.05) is 6.92 Å². The van der Waals surface area contributed by atoms with Gasteiger partial charge in [0.05, 0.1) is 15.6 Å². The van der Waals surface area contributed by atoms with Gasteiger partial charge < -0.3 is 9.84 Å². The quantitative estimate of drug-likeness (QED) is 0.671. The summed E-state index contributed by atoms with van der Waals surface area (Å²) in [4.78, 5) is 25.5. The lowest BCUT2D eigenvalue weighted by Crippen LogP contribution is -2.06. The Bertz CT molecular complexity index is 635. The van der Waals surface area contributed by atoms with Crippen molar-refractivity contribution in [1.29, 1.82) is 0 Å². The minimum atomic E-state index is -1.28. The third-order valence-corrected chi connectivity index (χ3v) is 3.27. The molecule has 0 saturated heterocycles. The number of nitro groups is 1. The Balaban J connectivity index is 2.32. The first-order valence-electron chi connectivity index (χ1n) is 5.53. The van der Waals surface area contributed by atoms with E-state index in [2.05, 4.69) is 4.98 Å². The van der Waals surface area contributed by atoms with E-state index in [4.69, 9.17) is 9.84 Å². The molecule has 1 heterocycles. The summed E-state index contributed by atoms with van der Waals surface area (Å²) in [6, 6.07) is 3.77. The molecule has 0 atom stereocenters. The lowest BCUT2D eigenvalue weighted by molar-refractivity contribution is -0.386. The number of rotatable bonds is 5. The molecule has 0 fully saturated rings. The normalized spacial score (nSPS) is 10.2. The van der Waals surface area contributed by atoms with Gasteiger partial charge in [-0.15, -0.1) is 11.3 Å². The highest BCUT2D eigenvalue weighted by Crippen LogP contribution is 2.31. The summed E-state index contributed by atoms with van der Waals surface area (Å²) in [6.07, 6.45) is 0. The van der Waals surface area contributed by atoms with Crippen LogP contribution < -0.4 is 4.74 Å². The fraction of sp³-hybridized carbons (Fsp3) is 0.167. The molecule has 0 unspecified atom stereocenters. The Kier molecular flexibility index (Phi) is 3.94. The van der Waals surface area contributed by atoms with Crippen LogP contribution in [-0.4, -0.2) is 21.0 Å². The Labute approximate surface area is 117 Å². The van der Waals surface area contributed by atoms with Crippen LogP contribution in [0.3, 0.4) is 0 Å². The van der Waals surface area contributed by atoms with Crippen LogP contribution in [0, 0.1) is 17.0 Å². The number of aromatic nitrogens is 1. The Hall–Kier alpha value is -2.48. The summed E-state index contributed by atoms with van der Waals surface area (Å²) >= 11 is 1.42. The molecular formula is C12H10N2O5S. The molecule has 1 aromatic carbocycles. The number of hydrogen-bond donors (Lipinski definition) is 1. The van der Waals surface area contributed by atoms with Gasteiger partial charge in [0.1, 0.15) is 12.2 Å². The van der Waals surface area contributed by atoms with E-state index in [1.54, 1.807) is 5.38 Å². The minimum Gasteiger partial charge on any atom is -0.480 e. The number of hydrogen-bond acceptors (Lipinski definition) is 6. The van der Waals surface area contributed by atoms with Crippen LogP contribution in [0.1, 0.15) is 21.1 Å². The van der Waals surface area contributed by atoms with Crippen molar-refractivity contribution in [2.45, 2.75) is 13.5 Å². The van der Waals surface area contributed by atoms with Gasteiger partial charge in [0.25, 0.3) is 0 Å². The second-order valence-corrected chi connectivity index (χ2v) is 4.92. The van der Waals surface area contributed by atoms with Crippen molar-refractivity contribution in [1.82, 2.24) is 4.98 Å². The molecule has 7 nitrogen and oxygen atoms in total. The van der Waals surface area contributed by atoms with Crippen molar-refractivity contribution >= 4 is 23.0 Å². The van der Waals surface area contributed by atoms with Crippen molar-refractivity contribution in [3.05, 3.63) is 50.0 Å². The molecule has 1 N–H and O–H groups in total. The van der Waals surface area contributed by atoms with Crippen molar-refractivity contribution in [3.8, 4) is 5.75 Å². The summed E-state index contributed by atoms with van der Waals surface area (Å²) in [5.74, 6) is -1.53. The Morgan fingerprint density at radius 2 is 2.30 bits per heavy atom. The maximum atomic E-state index is 11.1. The second kappa shape index (κ2) is 5.66. The number of ether oxygens (including phenoxy) is 1. The zero-order valence-corrected chi connectivity index (χ0v) is 11.2. The number of carboxylic acids is 1. The Morgan fingerprint density at radius 1 is 1.55 bits per heavy atom. The van der Waals surface area contributed by atoms with Crippen molar-refractivity contribution < 1.29 is 19.6 Å². The minimum absolute atomic E-state index is 0.0184.